The monoisotopic (exact) mass is 385 g/mol. The molecule has 7 nitrogen and oxygen atoms in total. The number of nitrogens with zero attached hydrogens (tertiary/aromatic N) is 2. The minimum Gasteiger partial charge on any atom is -0.368 e. The van der Waals surface area contributed by atoms with Gasteiger partial charge in [-0.25, -0.2) is 4.79 Å². The molecule has 0 aromatic heterocycles. The summed E-state index contributed by atoms with van der Waals surface area (Å²) in [5.74, 6) is -3.93. The van der Waals surface area contributed by atoms with Gasteiger partial charge < -0.3 is 5.73 Å². The summed E-state index contributed by atoms with van der Waals surface area (Å²) in [6.45, 7) is 3.33. The van der Waals surface area contributed by atoms with E-state index in [1.54, 1.807) is 13.8 Å². The van der Waals surface area contributed by atoms with Crippen LogP contribution in [0.5, 0.6) is 0 Å². The first kappa shape index (κ1) is 20.4. The molecule has 1 aromatic carbocycles. The Labute approximate surface area is 152 Å². The minimum atomic E-state index is -4.64. The Kier molecular flexibility index (Phi) is 5.04. The summed E-state index contributed by atoms with van der Waals surface area (Å²) < 4.78 is 38.4. The average Bonchev–Trinajstić information content (AvgIpc) is 2.56. The van der Waals surface area contributed by atoms with Crippen LogP contribution < -0.4 is 5.73 Å². The molecule has 0 radical (unpaired) electrons. The molecule has 1 aromatic rings. The number of imide groups is 2. The van der Waals surface area contributed by atoms with Crippen molar-refractivity contribution in [1.29, 1.82) is 0 Å². The van der Waals surface area contributed by atoms with Gasteiger partial charge in [0.2, 0.25) is 11.3 Å². The van der Waals surface area contributed by atoms with Crippen LogP contribution in [-0.4, -0.2) is 47.1 Å². The van der Waals surface area contributed by atoms with Gasteiger partial charge in [-0.2, -0.15) is 13.2 Å². The van der Waals surface area contributed by atoms with Crippen molar-refractivity contribution in [3.63, 3.8) is 0 Å². The molecule has 2 rings (SSSR count). The van der Waals surface area contributed by atoms with Crippen molar-refractivity contribution >= 4 is 23.8 Å². The molecule has 5 amide bonds. The van der Waals surface area contributed by atoms with E-state index in [1.807, 2.05) is 0 Å². The van der Waals surface area contributed by atoms with E-state index in [0.29, 0.717) is 21.9 Å². The summed E-state index contributed by atoms with van der Waals surface area (Å²) in [5.41, 5.74) is 1.41. The summed E-state index contributed by atoms with van der Waals surface area (Å²) in [4.78, 5) is 51.6. The van der Waals surface area contributed by atoms with Crippen LogP contribution in [0.3, 0.4) is 0 Å². The smallest absolute Gasteiger partial charge is 0.368 e. The summed E-state index contributed by atoms with van der Waals surface area (Å²) in [6, 6.07) is 2.05. The summed E-state index contributed by atoms with van der Waals surface area (Å²) in [7, 11) is 1.08. The van der Waals surface area contributed by atoms with Crippen LogP contribution in [0.1, 0.15) is 25.0 Å². The molecule has 1 saturated heterocycles. The Balaban J connectivity index is 2.67. The minimum absolute atomic E-state index is 0.0923. The SMILES string of the molecule is CC(C)CN1C(=O)N(C)C(=O)C(C(N)=O)(c2ccc(C(F)(F)F)cc2)C1=O. The molecule has 0 spiro atoms. The zero-order valence-electron chi connectivity index (χ0n) is 14.8. The molecule has 10 heteroatoms. The number of nitrogens with two attached hydrogens (primary N) is 1. The maximum atomic E-state index is 13.0. The molecule has 1 heterocycles. The number of likely N-dealkylation sites (N-methyl/N-ethyl adjacent to an activating group) is 1. The van der Waals surface area contributed by atoms with Gasteiger partial charge in [-0.15, -0.1) is 0 Å². The number of halogens is 3. The number of alkyl halides is 3. The standard InChI is InChI=1S/C17H18F3N3O4/c1-9(2)8-23-14(26)16(12(21)24,13(25)22(3)15(23)27)10-4-6-11(7-5-10)17(18,19)20/h4-7,9H,8H2,1-3H3,(H2,21,24). The van der Waals surface area contributed by atoms with Gasteiger partial charge in [0.25, 0.3) is 11.8 Å². The van der Waals surface area contributed by atoms with Crippen molar-refractivity contribution in [3.05, 3.63) is 35.4 Å². The van der Waals surface area contributed by atoms with Gasteiger partial charge in [0.15, 0.2) is 0 Å². The molecule has 2 N–H and O–H groups in total. The van der Waals surface area contributed by atoms with Crippen LogP contribution in [0.25, 0.3) is 0 Å². The number of benzene rings is 1. The molecule has 0 bridgehead atoms. The fourth-order valence-corrected chi connectivity index (χ4v) is 2.94. The van der Waals surface area contributed by atoms with E-state index < -0.39 is 40.9 Å². The molecular formula is C17H18F3N3O4. The summed E-state index contributed by atoms with van der Waals surface area (Å²) in [5, 5.41) is 0. The van der Waals surface area contributed by atoms with Crippen LogP contribution >= 0.6 is 0 Å². The van der Waals surface area contributed by atoms with Crippen molar-refractivity contribution in [2.24, 2.45) is 11.7 Å². The molecule has 1 aliphatic rings. The van der Waals surface area contributed by atoms with Crippen LogP contribution in [0.4, 0.5) is 18.0 Å². The van der Waals surface area contributed by atoms with E-state index in [4.69, 9.17) is 5.73 Å². The number of amides is 5. The van der Waals surface area contributed by atoms with Crippen molar-refractivity contribution in [2.45, 2.75) is 25.4 Å². The second-order valence-corrected chi connectivity index (χ2v) is 6.65. The van der Waals surface area contributed by atoms with Crippen LogP contribution in [0.2, 0.25) is 0 Å². The number of carbonyl (C=O) groups excluding carboxylic acids is 4. The molecule has 1 aliphatic heterocycles. The maximum Gasteiger partial charge on any atom is 0.416 e. The molecule has 146 valence electrons. The largest absolute Gasteiger partial charge is 0.416 e. The Morgan fingerprint density at radius 2 is 1.63 bits per heavy atom. The first-order valence-electron chi connectivity index (χ1n) is 7.96. The summed E-state index contributed by atoms with van der Waals surface area (Å²) >= 11 is 0. The zero-order valence-corrected chi connectivity index (χ0v) is 14.8. The number of primary amides is 1. The van der Waals surface area contributed by atoms with Gasteiger partial charge in [-0.3, -0.25) is 24.2 Å². The van der Waals surface area contributed by atoms with E-state index in [9.17, 15) is 32.3 Å². The molecule has 1 unspecified atom stereocenters. The predicted molar refractivity (Wildman–Crippen MR) is 87.0 cm³/mol. The van der Waals surface area contributed by atoms with Gasteiger partial charge in [-0.05, 0) is 23.6 Å². The quantitative estimate of drug-likeness (QED) is 0.794. The number of carbonyl (C=O) groups is 4. The van der Waals surface area contributed by atoms with Crippen LogP contribution in [-0.2, 0) is 26.0 Å². The Morgan fingerprint density at radius 3 is 2.04 bits per heavy atom. The number of barbiturate groups is 1. The predicted octanol–water partition coefficient (Wildman–Crippen LogP) is 1.51. The van der Waals surface area contributed by atoms with Gasteiger partial charge in [0.1, 0.15) is 0 Å². The molecule has 1 fully saturated rings. The first-order chi connectivity index (χ1) is 12.3. The van der Waals surface area contributed by atoms with Crippen LogP contribution in [0.15, 0.2) is 24.3 Å². The van der Waals surface area contributed by atoms with Crippen molar-refractivity contribution in [3.8, 4) is 0 Å². The number of rotatable bonds is 4. The summed E-state index contributed by atoms with van der Waals surface area (Å²) in [6.07, 6.45) is -4.64. The number of urea groups is 1. The van der Waals surface area contributed by atoms with E-state index in [2.05, 4.69) is 0 Å². The van der Waals surface area contributed by atoms with E-state index >= 15 is 0 Å². The van der Waals surface area contributed by atoms with E-state index in [-0.39, 0.29) is 18.0 Å². The third-order valence-corrected chi connectivity index (χ3v) is 4.27. The second kappa shape index (κ2) is 6.67. The van der Waals surface area contributed by atoms with Crippen molar-refractivity contribution in [1.82, 2.24) is 9.80 Å². The first-order valence-corrected chi connectivity index (χ1v) is 7.96. The average molecular weight is 385 g/mol. The lowest BCUT2D eigenvalue weighted by Gasteiger charge is -2.41. The van der Waals surface area contributed by atoms with Gasteiger partial charge >= 0.3 is 12.2 Å². The van der Waals surface area contributed by atoms with Crippen molar-refractivity contribution in [2.75, 3.05) is 13.6 Å². The normalized spacial score (nSPS) is 21.2. The highest BCUT2D eigenvalue weighted by Crippen LogP contribution is 2.36. The van der Waals surface area contributed by atoms with Gasteiger partial charge in [0.05, 0.1) is 5.56 Å². The molecular weight excluding hydrogens is 367 g/mol. The van der Waals surface area contributed by atoms with Crippen LogP contribution in [0, 0.1) is 5.92 Å². The molecule has 0 aliphatic carbocycles. The second-order valence-electron chi connectivity index (χ2n) is 6.65. The fraction of sp³-hybridized carbons (Fsp3) is 0.412. The third-order valence-electron chi connectivity index (χ3n) is 4.27. The molecule has 27 heavy (non-hydrogen) atoms. The number of hydrogen-bond acceptors (Lipinski definition) is 4. The van der Waals surface area contributed by atoms with E-state index in [0.717, 1.165) is 19.2 Å². The highest BCUT2D eigenvalue weighted by molar-refractivity contribution is 6.34. The van der Waals surface area contributed by atoms with E-state index in [1.165, 1.54) is 0 Å². The van der Waals surface area contributed by atoms with Gasteiger partial charge in [-0.1, -0.05) is 26.0 Å². The number of hydrogen-bond donors (Lipinski definition) is 1. The lowest BCUT2D eigenvalue weighted by molar-refractivity contribution is -0.155. The lowest BCUT2D eigenvalue weighted by atomic mass is 9.75. The lowest BCUT2D eigenvalue weighted by Crippen LogP contribution is -2.70. The maximum absolute atomic E-state index is 13.0. The Hall–Kier alpha value is -2.91. The van der Waals surface area contributed by atoms with Gasteiger partial charge in [0, 0.05) is 13.6 Å². The molecule has 1 atom stereocenters. The van der Waals surface area contributed by atoms with Crippen molar-refractivity contribution < 1.29 is 32.3 Å². The highest BCUT2D eigenvalue weighted by atomic mass is 19.4. The zero-order chi connectivity index (χ0) is 20.7. The molecule has 0 saturated carbocycles. The third kappa shape index (κ3) is 3.15. The Morgan fingerprint density at radius 1 is 1.11 bits per heavy atom. The fourth-order valence-electron chi connectivity index (χ4n) is 2.94. The topological polar surface area (TPSA) is 101 Å². The highest BCUT2D eigenvalue weighted by Gasteiger charge is 2.61. The Bertz CT molecular complexity index is 805.